The van der Waals surface area contributed by atoms with Crippen molar-refractivity contribution in [3.8, 4) is 16.8 Å². The molecular formula is C21H24N2. The molecule has 0 aliphatic heterocycles. The van der Waals surface area contributed by atoms with E-state index >= 15 is 0 Å². The fourth-order valence-electron chi connectivity index (χ4n) is 2.85. The van der Waals surface area contributed by atoms with Gasteiger partial charge in [0.05, 0.1) is 11.4 Å². The van der Waals surface area contributed by atoms with Crippen molar-refractivity contribution in [1.82, 2.24) is 9.78 Å². The highest BCUT2D eigenvalue weighted by Gasteiger charge is 2.13. The number of aryl methyl sites for hydroxylation is 2. The molecule has 0 bridgehead atoms. The minimum atomic E-state index is 0.515. The molecule has 118 valence electrons. The molecule has 0 radical (unpaired) electrons. The van der Waals surface area contributed by atoms with Crippen molar-refractivity contribution >= 4 is 0 Å². The lowest BCUT2D eigenvalue weighted by Crippen LogP contribution is -2.04. The van der Waals surface area contributed by atoms with Gasteiger partial charge in [-0.15, -0.1) is 0 Å². The molecule has 23 heavy (non-hydrogen) atoms. The van der Waals surface area contributed by atoms with Gasteiger partial charge in [-0.3, -0.25) is 0 Å². The summed E-state index contributed by atoms with van der Waals surface area (Å²) in [4.78, 5) is 0. The van der Waals surface area contributed by atoms with Crippen molar-refractivity contribution in [2.24, 2.45) is 0 Å². The van der Waals surface area contributed by atoms with Crippen LogP contribution in [-0.2, 0) is 0 Å². The van der Waals surface area contributed by atoms with Gasteiger partial charge in [0.15, 0.2) is 0 Å². The Morgan fingerprint density at radius 1 is 0.957 bits per heavy atom. The van der Waals surface area contributed by atoms with Gasteiger partial charge >= 0.3 is 0 Å². The average Bonchev–Trinajstić information content (AvgIpc) is 3.00. The summed E-state index contributed by atoms with van der Waals surface area (Å²) in [5, 5.41) is 4.62. The molecule has 2 aromatic carbocycles. The number of benzene rings is 2. The predicted octanol–water partition coefficient (Wildman–Crippen LogP) is 5.67. The van der Waals surface area contributed by atoms with Gasteiger partial charge in [0.1, 0.15) is 0 Å². The third kappa shape index (κ3) is 3.21. The number of rotatable bonds is 4. The first-order valence-corrected chi connectivity index (χ1v) is 8.32. The van der Waals surface area contributed by atoms with E-state index in [1.54, 1.807) is 0 Å². The van der Waals surface area contributed by atoms with Gasteiger partial charge in [0.2, 0.25) is 0 Å². The van der Waals surface area contributed by atoms with Crippen molar-refractivity contribution in [3.63, 3.8) is 0 Å². The molecule has 0 amide bonds. The van der Waals surface area contributed by atoms with E-state index in [2.05, 4.69) is 80.6 Å². The molecule has 0 saturated heterocycles. The van der Waals surface area contributed by atoms with Crippen LogP contribution in [0.1, 0.15) is 43.0 Å². The van der Waals surface area contributed by atoms with E-state index in [0.29, 0.717) is 5.92 Å². The fraction of sp³-hybridized carbons (Fsp3) is 0.286. The molecule has 2 heteroatoms. The Morgan fingerprint density at radius 2 is 1.65 bits per heavy atom. The lowest BCUT2D eigenvalue weighted by molar-refractivity contribution is 0.716. The quantitative estimate of drug-likeness (QED) is 0.607. The van der Waals surface area contributed by atoms with Crippen LogP contribution in [0.4, 0.5) is 0 Å². The Morgan fingerprint density at radius 3 is 2.26 bits per heavy atom. The van der Waals surface area contributed by atoms with E-state index < -0.39 is 0 Å². The van der Waals surface area contributed by atoms with Gasteiger partial charge < -0.3 is 0 Å². The van der Waals surface area contributed by atoms with E-state index in [9.17, 15) is 0 Å². The summed E-state index contributed by atoms with van der Waals surface area (Å²) in [7, 11) is 0. The van der Waals surface area contributed by atoms with Gasteiger partial charge in [0.25, 0.3) is 0 Å². The predicted molar refractivity (Wildman–Crippen MR) is 97.2 cm³/mol. The van der Waals surface area contributed by atoms with E-state index in [4.69, 9.17) is 0 Å². The maximum Gasteiger partial charge on any atom is 0.0686 e. The molecule has 1 heterocycles. The van der Waals surface area contributed by atoms with Crippen LogP contribution in [0.3, 0.4) is 0 Å². The lowest BCUT2D eigenvalue weighted by atomic mass is 9.93. The maximum atomic E-state index is 4.62. The Hall–Kier alpha value is -2.35. The van der Waals surface area contributed by atoms with E-state index in [1.165, 1.54) is 27.9 Å². The number of hydrogen-bond donors (Lipinski definition) is 0. The number of nitrogens with zero attached hydrogens (tertiary/aromatic N) is 2. The smallest absolute Gasteiger partial charge is 0.0686 e. The molecule has 0 fully saturated rings. The SMILES string of the molecule is CCC(C)c1ccc(-c2ccc(C)cc2)cc1-n1ccc(C)n1. The van der Waals surface area contributed by atoms with Crippen LogP contribution in [0, 0.1) is 13.8 Å². The van der Waals surface area contributed by atoms with Crippen LogP contribution in [0.25, 0.3) is 16.8 Å². The first kappa shape index (κ1) is 15.5. The van der Waals surface area contributed by atoms with Gasteiger partial charge in [0, 0.05) is 6.20 Å². The summed E-state index contributed by atoms with van der Waals surface area (Å²) in [6, 6.07) is 17.5. The first-order chi connectivity index (χ1) is 11.1. The molecule has 3 aromatic rings. The normalized spacial score (nSPS) is 12.3. The Kier molecular flexibility index (Phi) is 4.33. The zero-order valence-corrected chi connectivity index (χ0v) is 14.4. The Bertz CT molecular complexity index is 797. The Labute approximate surface area is 138 Å². The molecule has 1 unspecified atom stereocenters. The highest BCUT2D eigenvalue weighted by molar-refractivity contribution is 5.67. The summed E-state index contributed by atoms with van der Waals surface area (Å²) in [5.41, 5.74) is 7.35. The van der Waals surface area contributed by atoms with Crippen LogP contribution >= 0.6 is 0 Å². The number of aromatic nitrogens is 2. The molecule has 3 rings (SSSR count). The number of hydrogen-bond acceptors (Lipinski definition) is 1. The lowest BCUT2D eigenvalue weighted by Gasteiger charge is -2.17. The first-order valence-electron chi connectivity index (χ1n) is 8.32. The summed E-state index contributed by atoms with van der Waals surface area (Å²) < 4.78 is 2.01. The maximum absolute atomic E-state index is 4.62. The minimum absolute atomic E-state index is 0.515. The average molecular weight is 304 g/mol. The van der Waals surface area contributed by atoms with Crippen molar-refractivity contribution < 1.29 is 0 Å². The topological polar surface area (TPSA) is 17.8 Å². The van der Waals surface area contributed by atoms with Crippen LogP contribution in [0.5, 0.6) is 0 Å². The zero-order chi connectivity index (χ0) is 16.4. The van der Waals surface area contributed by atoms with Crippen molar-refractivity contribution in [2.75, 3.05) is 0 Å². The molecule has 1 aromatic heterocycles. The summed E-state index contributed by atoms with van der Waals surface area (Å²) in [6.07, 6.45) is 3.17. The molecule has 0 aliphatic rings. The van der Waals surface area contributed by atoms with E-state index in [0.717, 1.165) is 12.1 Å². The van der Waals surface area contributed by atoms with Gasteiger partial charge in [-0.25, -0.2) is 4.68 Å². The second kappa shape index (κ2) is 6.41. The minimum Gasteiger partial charge on any atom is -0.240 e. The second-order valence-electron chi connectivity index (χ2n) is 6.35. The van der Waals surface area contributed by atoms with E-state index in [1.807, 2.05) is 11.6 Å². The third-order valence-electron chi connectivity index (χ3n) is 4.53. The third-order valence-corrected chi connectivity index (χ3v) is 4.53. The summed E-state index contributed by atoms with van der Waals surface area (Å²) in [5.74, 6) is 0.515. The molecule has 0 spiro atoms. The molecular weight excluding hydrogens is 280 g/mol. The highest BCUT2D eigenvalue weighted by atomic mass is 15.3. The molecule has 0 N–H and O–H groups in total. The van der Waals surface area contributed by atoms with Gasteiger partial charge in [-0.05, 0) is 55.0 Å². The Balaban J connectivity index is 2.12. The summed E-state index contributed by atoms with van der Waals surface area (Å²) >= 11 is 0. The second-order valence-corrected chi connectivity index (χ2v) is 6.35. The molecule has 2 nitrogen and oxygen atoms in total. The van der Waals surface area contributed by atoms with Crippen LogP contribution in [0.15, 0.2) is 54.7 Å². The largest absolute Gasteiger partial charge is 0.240 e. The van der Waals surface area contributed by atoms with E-state index in [-0.39, 0.29) is 0 Å². The monoisotopic (exact) mass is 304 g/mol. The van der Waals surface area contributed by atoms with Crippen molar-refractivity contribution in [1.29, 1.82) is 0 Å². The summed E-state index contributed by atoms with van der Waals surface area (Å²) in [6.45, 7) is 8.66. The van der Waals surface area contributed by atoms with Crippen LogP contribution in [0.2, 0.25) is 0 Å². The van der Waals surface area contributed by atoms with Crippen molar-refractivity contribution in [2.45, 2.75) is 40.0 Å². The fourth-order valence-corrected chi connectivity index (χ4v) is 2.85. The molecule has 1 atom stereocenters. The van der Waals surface area contributed by atoms with Crippen LogP contribution in [-0.4, -0.2) is 9.78 Å². The molecule has 0 saturated carbocycles. The van der Waals surface area contributed by atoms with Gasteiger partial charge in [-0.2, -0.15) is 5.10 Å². The standard InChI is InChI=1S/C21H24N2/c1-5-16(3)20-11-10-19(18-8-6-15(2)7-9-18)14-21(20)23-13-12-17(4)22-23/h6-14,16H,5H2,1-4H3. The van der Waals surface area contributed by atoms with Gasteiger partial charge in [-0.1, -0.05) is 55.8 Å². The highest BCUT2D eigenvalue weighted by Crippen LogP contribution is 2.30. The van der Waals surface area contributed by atoms with Crippen LogP contribution < -0.4 is 0 Å². The van der Waals surface area contributed by atoms with Crippen molar-refractivity contribution in [3.05, 3.63) is 71.5 Å². The zero-order valence-electron chi connectivity index (χ0n) is 14.4. The molecule has 0 aliphatic carbocycles.